The number of carbonyl (C=O) groups is 2. The van der Waals surface area contributed by atoms with E-state index in [2.05, 4.69) is 11.4 Å². The fourth-order valence-corrected chi connectivity index (χ4v) is 5.06. The van der Waals surface area contributed by atoms with Gasteiger partial charge in [-0.15, -0.1) is 0 Å². The predicted octanol–water partition coefficient (Wildman–Crippen LogP) is 5.61. The Morgan fingerprint density at radius 2 is 1.79 bits per heavy atom. The number of ether oxygens (including phenoxy) is 1. The van der Waals surface area contributed by atoms with Crippen LogP contribution < -0.4 is 15.0 Å². The van der Waals surface area contributed by atoms with E-state index >= 15 is 0 Å². The summed E-state index contributed by atoms with van der Waals surface area (Å²) in [6.07, 6.45) is 2.38. The average molecular weight is 457 g/mol. The Kier molecular flexibility index (Phi) is 5.65. The van der Waals surface area contributed by atoms with Crippen LogP contribution in [0.5, 0.6) is 5.75 Å². The minimum atomic E-state index is -0.608. The van der Waals surface area contributed by atoms with Gasteiger partial charge in [0.1, 0.15) is 17.3 Å². The molecule has 1 N–H and O–H groups in total. The number of Topliss-reactive ketones (excluding diaryl/α,β-unsaturated/α-hetero) is 1. The van der Waals surface area contributed by atoms with Crippen LogP contribution in [0.2, 0.25) is 0 Å². The van der Waals surface area contributed by atoms with Crippen molar-refractivity contribution in [3.05, 3.63) is 102 Å². The number of nitrogens with one attached hydrogen (secondary N) is 1. The fraction of sp³-hybridized carbons (Fsp3) is 0.214. The zero-order chi connectivity index (χ0) is 23.8. The van der Waals surface area contributed by atoms with E-state index in [4.69, 9.17) is 4.74 Å². The van der Waals surface area contributed by atoms with Crippen LogP contribution in [0.15, 0.2) is 84.6 Å². The van der Waals surface area contributed by atoms with Crippen LogP contribution in [0.1, 0.15) is 36.4 Å². The molecule has 0 fully saturated rings. The maximum Gasteiger partial charge on any atom is 0.224 e. The Balaban J connectivity index is 1.69. The second-order valence-corrected chi connectivity index (χ2v) is 8.68. The van der Waals surface area contributed by atoms with Gasteiger partial charge in [-0.2, -0.15) is 0 Å². The highest BCUT2D eigenvalue weighted by molar-refractivity contribution is 6.00. The van der Waals surface area contributed by atoms with Gasteiger partial charge in [-0.1, -0.05) is 42.5 Å². The van der Waals surface area contributed by atoms with Gasteiger partial charge in [0, 0.05) is 25.0 Å². The van der Waals surface area contributed by atoms with E-state index in [9.17, 15) is 14.0 Å². The predicted molar refractivity (Wildman–Crippen MR) is 129 cm³/mol. The van der Waals surface area contributed by atoms with E-state index in [1.54, 1.807) is 24.1 Å². The lowest BCUT2D eigenvalue weighted by molar-refractivity contribution is -0.123. The molecule has 172 valence electrons. The third-order valence-electron chi connectivity index (χ3n) is 6.59. The van der Waals surface area contributed by atoms with Crippen molar-refractivity contribution < 1.29 is 18.7 Å². The topological polar surface area (TPSA) is 58.6 Å². The Morgan fingerprint density at radius 3 is 2.53 bits per heavy atom. The molecule has 5 rings (SSSR count). The van der Waals surface area contributed by atoms with Crippen molar-refractivity contribution in [3.63, 3.8) is 0 Å². The zero-order valence-electron chi connectivity index (χ0n) is 19.0. The number of hydrogen-bond acceptors (Lipinski definition) is 4. The number of rotatable bonds is 3. The van der Waals surface area contributed by atoms with Crippen LogP contribution in [0.3, 0.4) is 0 Å². The summed E-state index contributed by atoms with van der Waals surface area (Å²) in [5, 5.41) is 3.46. The Labute approximate surface area is 197 Å². The van der Waals surface area contributed by atoms with Crippen LogP contribution in [-0.4, -0.2) is 18.8 Å². The SMILES string of the molecule is COc1cccc(C2C=C3Nc4ccccc4N(C(C)=O)C(c4ccc(F)cc4)C3C(=O)C2)c1. The van der Waals surface area contributed by atoms with Crippen LogP contribution in [0.4, 0.5) is 15.8 Å². The maximum atomic E-state index is 13.8. The monoisotopic (exact) mass is 456 g/mol. The number of fused-ring (bicyclic) bond motifs is 2. The zero-order valence-corrected chi connectivity index (χ0v) is 19.0. The van der Waals surface area contributed by atoms with E-state index in [1.165, 1.54) is 19.1 Å². The normalized spacial score (nSPS) is 21.5. The second-order valence-electron chi connectivity index (χ2n) is 8.68. The van der Waals surface area contributed by atoms with E-state index in [-0.39, 0.29) is 23.4 Å². The molecule has 0 spiro atoms. The number of carbonyl (C=O) groups excluding carboxylic acids is 2. The maximum absolute atomic E-state index is 13.8. The summed E-state index contributed by atoms with van der Waals surface area (Å²) in [7, 11) is 1.62. The van der Waals surface area contributed by atoms with Crippen molar-refractivity contribution >= 4 is 23.1 Å². The van der Waals surface area contributed by atoms with Gasteiger partial charge >= 0.3 is 0 Å². The first-order chi connectivity index (χ1) is 16.5. The van der Waals surface area contributed by atoms with Gasteiger partial charge in [-0.25, -0.2) is 4.39 Å². The number of methoxy groups -OCH3 is 1. The molecular weight excluding hydrogens is 431 g/mol. The summed E-state index contributed by atoms with van der Waals surface area (Å²) in [5.74, 6) is -0.542. The lowest BCUT2D eigenvalue weighted by Crippen LogP contribution is -2.41. The summed E-state index contributed by atoms with van der Waals surface area (Å²) < 4.78 is 19.1. The molecule has 3 aromatic rings. The molecule has 5 nitrogen and oxygen atoms in total. The summed E-state index contributed by atoms with van der Waals surface area (Å²) in [4.78, 5) is 28.4. The number of amides is 1. The van der Waals surface area contributed by atoms with Gasteiger partial charge in [0.2, 0.25) is 5.91 Å². The molecule has 0 saturated carbocycles. The smallest absolute Gasteiger partial charge is 0.224 e. The first kappa shape index (κ1) is 21.9. The fourth-order valence-electron chi connectivity index (χ4n) is 5.06. The molecule has 2 aliphatic rings. The number of ketones is 1. The summed E-state index contributed by atoms with van der Waals surface area (Å²) >= 11 is 0. The number of anilines is 2. The lowest BCUT2D eigenvalue weighted by atomic mass is 9.76. The number of benzene rings is 3. The first-order valence-corrected chi connectivity index (χ1v) is 11.3. The van der Waals surface area contributed by atoms with Gasteiger partial charge in [-0.05, 0) is 47.5 Å². The van der Waals surface area contributed by atoms with Gasteiger partial charge in [-0.3, -0.25) is 9.59 Å². The average Bonchev–Trinajstić information content (AvgIpc) is 2.99. The van der Waals surface area contributed by atoms with Crippen molar-refractivity contribution in [1.82, 2.24) is 0 Å². The van der Waals surface area contributed by atoms with Crippen molar-refractivity contribution in [2.75, 3.05) is 17.3 Å². The molecule has 6 heteroatoms. The summed E-state index contributed by atoms with van der Waals surface area (Å²) in [6, 6.07) is 20.7. The quantitative estimate of drug-likeness (QED) is 0.557. The molecule has 1 aliphatic heterocycles. The minimum absolute atomic E-state index is 0.0196. The summed E-state index contributed by atoms with van der Waals surface area (Å²) in [5.41, 5.74) is 3.87. The Hall–Kier alpha value is -3.93. The molecule has 0 radical (unpaired) electrons. The van der Waals surface area contributed by atoms with E-state index in [0.29, 0.717) is 17.7 Å². The molecular formula is C28H25FN2O3. The largest absolute Gasteiger partial charge is 0.497 e. The number of halogens is 1. The highest BCUT2D eigenvalue weighted by atomic mass is 19.1. The Bertz CT molecular complexity index is 1280. The lowest BCUT2D eigenvalue weighted by Gasteiger charge is -2.37. The highest BCUT2D eigenvalue weighted by Gasteiger charge is 2.44. The first-order valence-electron chi connectivity index (χ1n) is 11.3. The standard InChI is InChI=1S/C28H25FN2O3/c1-17(32)31-25-9-4-3-8-23(25)30-24-15-20(19-6-5-7-22(14-19)34-2)16-26(33)27(24)28(31)18-10-12-21(29)13-11-18/h3-15,20,27-28,30H,16H2,1-2H3. The minimum Gasteiger partial charge on any atom is -0.497 e. The van der Waals surface area contributed by atoms with Gasteiger partial charge in [0.15, 0.2) is 0 Å². The van der Waals surface area contributed by atoms with E-state index in [1.807, 2.05) is 48.5 Å². The van der Waals surface area contributed by atoms with Gasteiger partial charge < -0.3 is 15.0 Å². The van der Waals surface area contributed by atoms with Crippen molar-refractivity contribution in [1.29, 1.82) is 0 Å². The third kappa shape index (κ3) is 3.85. The molecule has 0 bridgehead atoms. The van der Waals surface area contributed by atoms with Crippen molar-refractivity contribution in [2.45, 2.75) is 25.3 Å². The van der Waals surface area contributed by atoms with Gasteiger partial charge in [0.05, 0.1) is 30.4 Å². The number of nitrogens with zero attached hydrogens (tertiary/aromatic N) is 1. The van der Waals surface area contributed by atoms with Crippen molar-refractivity contribution in [3.8, 4) is 5.75 Å². The molecule has 3 unspecified atom stereocenters. The molecule has 3 aromatic carbocycles. The second kappa shape index (κ2) is 8.78. The number of hydrogen-bond donors (Lipinski definition) is 1. The highest BCUT2D eigenvalue weighted by Crippen LogP contribution is 2.47. The molecule has 1 aliphatic carbocycles. The van der Waals surface area contributed by atoms with Crippen molar-refractivity contribution in [2.24, 2.45) is 5.92 Å². The Morgan fingerprint density at radius 1 is 1.03 bits per heavy atom. The number of para-hydroxylation sites is 2. The number of allylic oxidation sites excluding steroid dienone is 1. The van der Waals surface area contributed by atoms with E-state index in [0.717, 1.165) is 22.7 Å². The molecule has 0 saturated heterocycles. The van der Waals surface area contributed by atoms with Crippen LogP contribution in [0, 0.1) is 11.7 Å². The molecule has 34 heavy (non-hydrogen) atoms. The molecule has 0 aromatic heterocycles. The molecule has 3 atom stereocenters. The van der Waals surface area contributed by atoms with E-state index < -0.39 is 12.0 Å². The van der Waals surface area contributed by atoms with Crippen LogP contribution in [0.25, 0.3) is 0 Å². The van der Waals surface area contributed by atoms with Crippen LogP contribution in [-0.2, 0) is 9.59 Å². The molecule has 1 heterocycles. The summed E-state index contributed by atoms with van der Waals surface area (Å²) in [6.45, 7) is 1.49. The van der Waals surface area contributed by atoms with Gasteiger partial charge in [0.25, 0.3) is 0 Å². The third-order valence-corrected chi connectivity index (χ3v) is 6.59. The molecule has 1 amide bonds. The van der Waals surface area contributed by atoms with Crippen LogP contribution >= 0.6 is 0 Å².